The number of thiazole rings is 1. The molecule has 1 aromatic heterocycles. The summed E-state index contributed by atoms with van der Waals surface area (Å²) in [4.78, 5) is 18.3. The van der Waals surface area contributed by atoms with Gasteiger partial charge in [0, 0.05) is 0 Å². The number of hydrogen-bond donors (Lipinski definition) is 2. The topological polar surface area (TPSA) is 65.5 Å². The molecule has 2 amide bonds. The molecule has 1 fully saturated rings. The molecule has 5 nitrogen and oxygen atoms in total. The first-order valence-corrected chi connectivity index (χ1v) is 7.89. The number of aryl methyl sites for hydroxylation is 1. The zero-order chi connectivity index (χ0) is 14.9. The highest BCUT2D eigenvalue weighted by Crippen LogP contribution is 2.29. The van der Waals surface area contributed by atoms with Gasteiger partial charge in [-0.3, -0.25) is 5.32 Å². The molecule has 0 aliphatic carbocycles. The Kier molecular flexibility index (Phi) is 4.34. The van der Waals surface area contributed by atoms with Crippen LogP contribution in [0.25, 0.3) is 0 Å². The predicted octanol–water partition coefficient (Wildman–Crippen LogP) is 2.64. The summed E-state index contributed by atoms with van der Waals surface area (Å²) in [5.41, 5.74) is 0.268. The Morgan fingerprint density at radius 3 is 2.75 bits per heavy atom. The molecular weight excluding hydrogens is 274 g/mol. The van der Waals surface area contributed by atoms with E-state index in [0.717, 1.165) is 22.1 Å². The molecule has 20 heavy (non-hydrogen) atoms. The number of anilines is 1. The predicted molar refractivity (Wildman–Crippen MR) is 81.2 cm³/mol. The third kappa shape index (κ3) is 3.30. The second-order valence-electron chi connectivity index (χ2n) is 5.97. The van der Waals surface area contributed by atoms with Crippen molar-refractivity contribution < 1.29 is 9.90 Å². The largest absolute Gasteiger partial charge is 0.386 e. The molecule has 112 valence electrons. The van der Waals surface area contributed by atoms with Crippen LogP contribution < -0.4 is 5.32 Å². The van der Waals surface area contributed by atoms with Crippen molar-refractivity contribution in [3.05, 3.63) is 10.7 Å². The minimum Gasteiger partial charge on any atom is -0.386 e. The van der Waals surface area contributed by atoms with E-state index in [4.69, 9.17) is 0 Å². The smallest absolute Gasteiger partial charge is 0.322 e. The van der Waals surface area contributed by atoms with Crippen molar-refractivity contribution in [2.24, 2.45) is 5.92 Å². The third-order valence-electron chi connectivity index (χ3n) is 3.54. The van der Waals surface area contributed by atoms with E-state index in [1.54, 1.807) is 4.90 Å². The Bertz CT molecular complexity index is 493. The third-order valence-corrected chi connectivity index (χ3v) is 4.47. The number of nitrogens with one attached hydrogen (secondary N) is 1. The maximum Gasteiger partial charge on any atom is 0.322 e. The van der Waals surface area contributed by atoms with Gasteiger partial charge in [-0.1, -0.05) is 20.8 Å². The summed E-state index contributed by atoms with van der Waals surface area (Å²) in [6.07, 6.45) is 1.54. The molecule has 1 aromatic rings. The summed E-state index contributed by atoms with van der Waals surface area (Å²) in [5.74, 6) is 0.501. The summed E-state index contributed by atoms with van der Waals surface area (Å²) in [5, 5.41) is 14.7. The Balaban J connectivity index is 1.98. The average Bonchev–Trinajstić information content (AvgIpc) is 2.64. The molecule has 0 aromatic carbocycles. The minimum atomic E-state index is -0.693. The molecule has 0 radical (unpaired) electrons. The average molecular weight is 297 g/mol. The molecule has 0 atom stereocenters. The zero-order valence-corrected chi connectivity index (χ0v) is 13.4. The minimum absolute atomic E-state index is 0.142. The number of likely N-dealkylation sites (tertiary alicyclic amines) is 1. The molecule has 1 aliphatic heterocycles. The van der Waals surface area contributed by atoms with Crippen molar-refractivity contribution in [2.45, 2.75) is 46.1 Å². The van der Waals surface area contributed by atoms with Gasteiger partial charge in [0.1, 0.15) is 5.00 Å². The first kappa shape index (κ1) is 15.3. The molecule has 2 heterocycles. The van der Waals surface area contributed by atoms with E-state index in [9.17, 15) is 9.90 Å². The lowest BCUT2D eigenvalue weighted by Gasteiger charge is -2.45. The van der Waals surface area contributed by atoms with Gasteiger partial charge in [0.05, 0.1) is 29.4 Å². The van der Waals surface area contributed by atoms with Crippen molar-refractivity contribution in [1.82, 2.24) is 9.88 Å². The Morgan fingerprint density at radius 1 is 1.55 bits per heavy atom. The highest BCUT2D eigenvalue weighted by molar-refractivity contribution is 7.16. The van der Waals surface area contributed by atoms with Gasteiger partial charge in [0.2, 0.25) is 0 Å². The lowest BCUT2D eigenvalue weighted by atomic mass is 9.92. The van der Waals surface area contributed by atoms with Crippen LogP contribution in [0.3, 0.4) is 0 Å². The van der Waals surface area contributed by atoms with Crippen LogP contribution in [0, 0.1) is 12.8 Å². The molecule has 6 heteroatoms. The lowest BCUT2D eigenvalue weighted by molar-refractivity contribution is -0.0755. The maximum absolute atomic E-state index is 12.1. The highest BCUT2D eigenvalue weighted by Gasteiger charge is 2.42. The van der Waals surface area contributed by atoms with Gasteiger partial charge < -0.3 is 10.0 Å². The van der Waals surface area contributed by atoms with E-state index in [-0.39, 0.29) is 6.03 Å². The number of hydrogen-bond acceptors (Lipinski definition) is 4. The van der Waals surface area contributed by atoms with Crippen molar-refractivity contribution in [2.75, 3.05) is 18.4 Å². The van der Waals surface area contributed by atoms with E-state index < -0.39 is 5.60 Å². The Morgan fingerprint density at radius 2 is 2.20 bits per heavy atom. The second kappa shape index (κ2) is 5.69. The number of β-amino-alcohol motifs (C(OH)–C–C–N with tert-alkyl or cyclic N) is 1. The zero-order valence-electron chi connectivity index (χ0n) is 12.6. The molecule has 2 rings (SSSR count). The monoisotopic (exact) mass is 297 g/mol. The number of aliphatic hydroxyl groups is 1. The fourth-order valence-corrected chi connectivity index (χ4v) is 3.14. The van der Waals surface area contributed by atoms with Gasteiger partial charge >= 0.3 is 6.03 Å². The normalized spacial score (nSPS) is 17.2. The summed E-state index contributed by atoms with van der Waals surface area (Å²) in [6.45, 7) is 8.97. The van der Waals surface area contributed by atoms with Crippen LogP contribution in [0.15, 0.2) is 0 Å². The standard InChI is InChI=1S/C14H23N3O2S/c1-5-14(19)7-17(8-14)13(18)16-12-11(6-9(2)3)15-10(4)20-12/h9,19H,5-8H2,1-4H3,(H,16,18). The van der Waals surface area contributed by atoms with Gasteiger partial charge in [-0.25, -0.2) is 9.78 Å². The number of aromatic nitrogens is 1. The summed E-state index contributed by atoms with van der Waals surface area (Å²) in [6, 6.07) is -0.142. The number of carbonyl (C=O) groups is 1. The van der Waals surface area contributed by atoms with Crippen molar-refractivity contribution >= 4 is 22.4 Å². The van der Waals surface area contributed by atoms with Gasteiger partial charge in [0.15, 0.2) is 0 Å². The maximum atomic E-state index is 12.1. The summed E-state index contributed by atoms with van der Waals surface area (Å²) in [7, 11) is 0. The molecule has 1 saturated heterocycles. The summed E-state index contributed by atoms with van der Waals surface area (Å²) >= 11 is 1.51. The number of amides is 2. The second-order valence-corrected chi connectivity index (χ2v) is 7.17. The fraction of sp³-hybridized carbons (Fsp3) is 0.714. The molecule has 0 bridgehead atoms. The van der Waals surface area contributed by atoms with Gasteiger partial charge in [-0.2, -0.15) is 0 Å². The van der Waals surface area contributed by atoms with Crippen LogP contribution in [0.2, 0.25) is 0 Å². The molecule has 0 saturated carbocycles. The van der Waals surface area contributed by atoms with E-state index in [1.165, 1.54) is 11.3 Å². The van der Waals surface area contributed by atoms with Crippen LogP contribution in [-0.4, -0.2) is 39.7 Å². The first-order chi connectivity index (χ1) is 9.33. The number of nitrogens with zero attached hydrogens (tertiary/aromatic N) is 2. The van der Waals surface area contributed by atoms with Crippen LogP contribution in [-0.2, 0) is 6.42 Å². The van der Waals surface area contributed by atoms with Gasteiger partial charge in [-0.15, -0.1) is 11.3 Å². The van der Waals surface area contributed by atoms with Crippen LogP contribution in [0.1, 0.15) is 37.9 Å². The van der Waals surface area contributed by atoms with Crippen LogP contribution in [0.5, 0.6) is 0 Å². The first-order valence-electron chi connectivity index (χ1n) is 7.07. The lowest BCUT2D eigenvalue weighted by Crippen LogP contribution is -2.63. The van der Waals surface area contributed by atoms with Crippen molar-refractivity contribution in [3.63, 3.8) is 0 Å². The SMILES string of the molecule is CCC1(O)CN(C(=O)Nc2sc(C)nc2CC(C)C)C1. The number of urea groups is 1. The van der Waals surface area contributed by atoms with Crippen molar-refractivity contribution in [3.8, 4) is 0 Å². The van der Waals surface area contributed by atoms with Crippen LogP contribution >= 0.6 is 11.3 Å². The summed E-state index contributed by atoms with van der Waals surface area (Å²) < 4.78 is 0. The van der Waals surface area contributed by atoms with E-state index in [0.29, 0.717) is 25.4 Å². The van der Waals surface area contributed by atoms with Crippen LogP contribution in [0.4, 0.5) is 9.80 Å². The van der Waals surface area contributed by atoms with Gasteiger partial charge in [-0.05, 0) is 25.7 Å². The number of carbonyl (C=O) groups excluding carboxylic acids is 1. The van der Waals surface area contributed by atoms with Crippen molar-refractivity contribution in [1.29, 1.82) is 0 Å². The molecule has 0 unspecified atom stereocenters. The van der Waals surface area contributed by atoms with E-state index >= 15 is 0 Å². The fourth-order valence-electron chi connectivity index (χ4n) is 2.30. The molecule has 2 N–H and O–H groups in total. The molecular formula is C14H23N3O2S. The molecule has 0 spiro atoms. The molecule has 1 aliphatic rings. The number of rotatable bonds is 4. The Labute approximate surface area is 124 Å². The van der Waals surface area contributed by atoms with E-state index in [2.05, 4.69) is 24.1 Å². The van der Waals surface area contributed by atoms with Gasteiger partial charge in [0.25, 0.3) is 0 Å². The quantitative estimate of drug-likeness (QED) is 0.898. The van der Waals surface area contributed by atoms with E-state index in [1.807, 2.05) is 13.8 Å². The highest BCUT2D eigenvalue weighted by atomic mass is 32.1. The Hall–Kier alpha value is -1.14.